The van der Waals surface area contributed by atoms with Gasteiger partial charge in [-0.1, -0.05) is 6.07 Å². The second-order valence-electron chi connectivity index (χ2n) is 11.9. The first-order chi connectivity index (χ1) is 18.2. The molecule has 0 spiro atoms. The number of piperazine rings is 1. The Bertz CT molecular complexity index is 1450. The first-order valence-corrected chi connectivity index (χ1v) is 14.0. The maximum atomic E-state index is 15.0. The first kappa shape index (κ1) is 25.3. The molecule has 2 heterocycles. The molecule has 2 aliphatic carbocycles. The van der Waals surface area contributed by atoms with Crippen LogP contribution in [0, 0.1) is 18.7 Å². The molecule has 6 nitrogen and oxygen atoms in total. The molecule has 1 saturated heterocycles. The fraction of sp³-hybridized carbons (Fsp3) is 0.484. The van der Waals surface area contributed by atoms with E-state index < -0.39 is 5.82 Å². The average molecular weight is 517 g/mol. The van der Waals surface area contributed by atoms with Crippen LogP contribution in [0.4, 0.5) is 4.39 Å². The molecule has 200 valence electrons. The van der Waals surface area contributed by atoms with E-state index in [2.05, 4.69) is 35.6 Å². The summed E-state index contributed by atoms with van der Waals surface area (Å²) in [7, 11) is 0. The number of fused-ring (bicyclic) bond motifs is 1. The Morgan fingerprint density at radius 3 is 2.47 bits per heavy atom. The zero-order valence-corrected chi connectivity index (χ0v) is 22.5. The molecule has 2 N–H and O–H groups in total. The fourth-order valence-corrected chi connectivity index (χ4v) is 5.89. The highest BCUT2D eigenvalue weighted by Gasteiger charge is 2.26. The van der Waals surface area contributed by atoms with Crippen LogP contribution in [0.1, 0.15) is 61.0 Å². The number of halogens is 1. The Morgan fingerprint density at radius 2 is 1.79 bits per heavy atom. The molecule has 3 fully saturated rings. The third-order valence-corrected chi connectivity index (χ3v) is 8.18. The Kier molecular flexibility index (Phi) is 6.60. The summed E-state index contributed by atoms with van der Waals surface area (Å²) < 4.78 is 16.9. The lowest BCUT2D eigenvalue weighted by atomic mass is 9.94. The van der Waals surface area contributed by atoms with E-state index in [-0.39, 0.29) is 17.5 Å². The molecule has 0 unspecified atom stereocenters. The number of hydrogen-bond acceptors (Lipinski definition) is 4. The second-order valence-corrected chi connectivity index (χ2v) is 11.9. The Hall–Kier alpha value is -3.03. The van der Waals surface area contributed by atoms with Gasteiger partial charge in [-0.2, -0.15) is 0 Å². The first-order valence-electron chi connectivity index (χ1n) is 14.0. The molecular formula is C31H37FN4O2. The molecule has 2 saturated carbocycles. The molecule has 1 aliphatic heterocycles. The predicted octanol–water partition coefficient (Wildman–Crippen LogP) is 4.60. The highest BCUT2D eigenvalue weighted by molar-refractivity contribution is 5.97. The third kappa shape index (κ3) is 5.27. The minimum atomic E-state index is -0.396. The SMILES string of the molecule is Cc1c(F)cc(C(=O)NC2CC2)cc1-c1ccc2c(=O)n(CC3CC3)cc(CN3C[C@@H](C)N[C@@H](C)C3)c2c1. The van der Waals surface area contributed by atoms with Crippen LogP contribution < -0.4 is 16.2 Å². The standard InChI is InChI=1S/C31H37FN4O2/c1-18-13-35(14-19(2)33-18)16-24-17-36(15-21-4-5-21)31(38)26-9-6-22(10-28(24)26)27-11-23(12-29(32)20(27)3)30(37)34-25-7-8-25/h6,9-12,17-19,21,25,33H,4-5,7-8,13-16H2,1-3H3,(H,34,37)/t18-,19+. The Balaban J connectivity index is 1.43. The molecule has 1 amide bonds. The molecule has 0 bridgehead atoms. The van der Waals surface area contributed by atoms with E-state index in [4.69, 9.17) is 0 Å². The van der Waals surface area contributed by atoms with Crippen molar-refractivity contribution >= 4 is 16.7 Å². The number of pyridine rings is 1. The quantitative estimate of drug-likeness (QED) is 0.482. The van der Waals surface area contributed by atoms with Crippen LogP contribution in [-0.4, -0.2) is 46.6 Å². The monoisotopic (exact) mass is 516 g/mol. The minimum Gasteiger partial charge on any atom is -0.349 e. The van der Waals surface area contributed by atoms with E-state index in [1.54, 1.807) is 13.0 Å². The normalized spacial score (nSPS) is 22.1. The number of carbonyl (C=O) groups is 1. The van der Waals surface area contributed by atoms with Crippen molar-refractivity contribution in [2.75, 3.05) is 13.1 Å². The van der Waals surface area contributed by atoms with Gasteiger partial charge in [-0.15, -0.1) is 0 Å². The summed E-state index contributed by atoms with van der Waals surface area (Å²) in [4.78, 5) is 28.7. The number of benzene rings is 2. The van der Waals surface area contributed by atoms with E-state index >= 15 is 4.39 Å². The molecule has 6 rings (SSSR count). The van der Waals surface area contributed by atoms with E-state index in [0.29, 0.717) is 40.1 Å². The van der Waals surface area contributed by atoms with Crippen molar-refractivity contribution in [1.29, 1.82) is 0 Å². The molecule has 1 aromatic heterocycles. The Morgan fingerprint density at radius 1 is 1.05 bits per heavy atom. The topological polar surface area (TPSA) is 66.4 Å². The summed E-state index contributed by atoms with van der Waals surface area (Å²) in [6, 6.07) is 9.91. The van der Waals surface area contributed by atoms with Crippen molar-refractivity contribution in [2.24, 2.45) is 5.92 Å². The van der Waals surface area contributed by atoms with Crippen LogP contribution in [-0.2, 0) is 13.1 Å². The maximum Gasteiger partial charge on any atom is 0.258 e. The number of hydrogen-bond donors (Lipinski definition) is 2. The molecule has 3 aliphatic rings. The molecule has 7 heteroatoms. The van der Waals surface area contributed by atoms with E-state index in [1.807, 2.05) is 22.8 Å². The van der Waals surface area contributed by atoms with Crippen LogP contribution in [0.5, 0.6) is 0 Å². The summed E-state index contributed by atoms with van der Waals surface area (Å²) in [5.41, 5.74) is 3.48. The summed E-state index contributed by atoms with van der Waals surface area (Å²) in [6.45, 7) is 9.55. The molecule has 38 heavy (non-hydrogen) atoms. The van der Waals surface area contributed by atoms with Gasteiger partial charge in [-0.25, -0.2) is 4.39 Å². The smallest absolute Gasteiger partial charge is 0.258 e. The number of amides is 1. The minimum absolute atomic E-state index is 0.0321. The molecule has 2 atom stereocenters. The van der Waals surface area contributed by atoms with E-state index in [1.165, 1.54) is 18.9 Å². The lowest BCUT2D eigenvalue weighted by Gasteiger charge is -2.36. The summed E-state index contributed by atoms with van der Waals surface area (Å²) >= 11 is 0. The van der Waals surface area contributed by atoms with Gasteiger partial charge in [0, 0.05) is 61.5 Å². The van der Waals surface area contributed by atoms with Crippen molar-refractivity contribution in [3.05, 3.63) is 69.4 Å². The largest absolute Gasteiger partial charge is 0.349 e. The van der Waals surface area contributed by atoms with Crippen molar-refractivity contribution in [1.82, 2.24) is 20.1 Å². The molecular weight excluding hydrogens is 479 g/mol. The zero-order valence-electron chi connectivity index (χ0n) is 22.5. The number of carbonyl (C=O) groups excluding carboxylic acids is 1. The Labute approximate surface area is 223 Å². The van der Waals surface area contributed by atoms with Gasteiger partial charge < -0.3 is 15.2 Å². The maximum absolute atomic E-state index is 15.0. The molecule has 2 aromatic carbocycles. The zero-order chi connectivity index (χ0) is 26.6. The van der Waals surface area contributed by atoms with Crippen LogP contribution in [0.25, 0.3) is 21.9 Å². The average Bonchev–Trinajstić information content (AvgIpc) is 3.80. The van der Waals surface area contributed by atoms with Crippen molar-refractivity contribution in [2.45, 2.75) is 77.7 Å². The number of nitrogens with zero attached hydrogens (tertiary/aromatic N) is 2. The van der Waals surface area contributed by atoms with Gasteiger partial charge in [0.05, 0.1) is 0 Å². The van der Waals surface area contributed by atoms with Gasteiger partial charge in [0.2, 0.25) is 0 Å². The van der Waals surface area contributed by atoms with Gasteiger partial charge in [0.15, 0.2) is 0 Å². The lowest BCUT2D eigenvalue weighted by molar-refractivity contribution is 0.0950. The van der Waals surface area contributed by atoms with Crippen LogP contribution in [0.2, 0.25) is 0 Å². The van der Waals surface area contributed by atoms with Crippen LogP contribution in [0.3, 0.4) is 0 Å². The van der Waals surface area contributed by atoms with Gasteiger partial charge >= 0.3 is 0 Å². The fourth-order valence-electron chi connectivity index (χ4n) is 5.89. The van der Waals surface area contributed by atoms with Crippen LogP contribution >= 0.6 is 0 Å². The van der Waals surface area contributed by atoms with Gasteiger partial charge in [-0.05, 0) is 104 Å². The molecule has 0 radical (unpaired) electrons. The van der Waals surface area contributed by atoms with Gasteiger partial charge in [0.25, 0.3) is 11.5 Å². The highest BCUT2D eigenvalue weighted by Crippen LogP contribution is 2.33. The second kappa shape index (κ2) is 9.93. The summed E-state index contributed by atoms with van der Waals surface area (Å²) in [5.74, 6) is -0.0434. The third-order valence-electron chi connectivity index (χ3n) is 8.18. The summed E-state index contributed by atoms with van der Waals surface area (Å²) in [6.07, 6.45) is 6.37. The van der Waals surface area contributed by atoms with Crippen LogP contribution in [0.15, 0.2) is 41.3 Å². The highest BCUT2D eigenvalue weighted by atomic mass is 19.1. The van der Waals surface area contributed by atoms with E-state index in [9.17, 15) is 9.59 Å². The summed E-state index contributed by atoms with van der Waals surface area (Å²) in [5, 5.41) is 8.16. The number of rotatable bonds is 7. The molecule has 3 aromatic rings. The van der Waals surface area contributed by atoms with Gasteiger partial charge in [-0.3, -0.25) is 14.5 Å². The van der Waals surface area contributed by atoms with Crippen molar-refractivity contribution in [3.8, 4) is 11.1 Å². The lowest BCUT2D eigenvalue weighted by Crippen LogP contribution is -2.53. The predicted molar refractivity (Wildman–Crippen MR) is 149 cm³/mol. The van der Waals surface area contributed by atoms with E-state index in [0.717, 1.165) is 55.5 Å². The number of aromatic nitrogens is 1. The van der Waals surface area contributed by atoms with Crippen molar-refractivity contribution in [3.63, 3.8) is 0 Å². The van der Waals surface area contributed by atoms with Gasteiger partial charge in [0.1, 0.15) is 5.82 Å². The van der Waals surface area contributed by atoms with Crippen molar-refractivity contribution < 1.29 is 9.18 Å². The number of nitrogens with one attached hydrogen (secondary N) is 2.